The van der Waals surface area contributed by atoms with Crippen molar-refractivity contribution in [1.82, 2.24) is 15.2 Å². The van der Waals surface area contributed by atoms with E-state index in [1.165, 1.54) is 12.7 Å². The van der Waals surface area contributed by atoms with Gasteiger partial charge in [-0.15, -0.1) is 0 Å². The Morgan fingerprint density at radius 1 is 1.80 bits per heavy atom. The van der Waals surface area contributed by atoms with Gasteiger partial charge in [0.1, 0.15) is 25.4 Å². The molecule has 1 N–H and O–H groups in total. The molecule has 2 heterocycles. The molecule has 0 aliphatic carbocycles. The van der Waals surface area contributed by atoms with Crippen LogP contribution in [0, 0.1) is 0 Å². The van der Waals surface area contributed by atoms with E-state index in [1.807, 2.05) is 0 Å². The Balaban J connectivity index is 0.000000187. The molecule has 82 valence electrons. The summed E-state index contributed by atoms with van der Waals surface area (Å²) in [7, 11) is 0. The van der Waals surface area contributed by atoms with Crippen molar-refractivity contribution in [3.8, 4) is 0 Å². The summed E-state index contributed by atoms with van der Waals surface area (Å²) in [5.41, 5.74) is 0.431. The highest BCUT2D eigenvalue weighted by Crippen LogP contribution is 2.09. The molecule has 1 aliphatic heterocycles. The summed E-state index contributed by atoms with van der Waals surface area (Å²) in [5, 5.41) is 5.99. The number of carbonyl (C=O) groups excluding carboxylic acids is 1. The average Bonchev–Trinajstić information content (AvgIpc) is 2.83. The van der Waals surface area contributed by atoms with Crippen LogP contribution in [0.1, 0.15) is 6.92 Å². The predicted octanol–water partition coefficient (Wildman–Crippen LogP) is 0.309. The van der Waals surface area contributed by atoms with Gasteiger partial charge >= 0.3 is 5.97 Å². The third-order valence-electron chi connectivity index (χ3n) is 1.48. The molecule has 0 radical (unpaired) electrons. The lowest BCUT2D eigenvalue weighted by Gasteiger charge is -1.99. The van der Waals surface area contributed by atoms with E-state index in [4.69, 9.17) is 9.47 Å². The van der Waals surface area contributed by atoms with E-state index >= 15 is 0 Å². The first-order valence-electron chi connectivity index (χ1n) is 4.43. The fourth-order valence-corrected chi connectivity index (χ4v) is 0.623. The number of hydrogen-bond donors (Lipinski definition) is 1. The highest BCUT2D eigenvalue weighted by Gasteiger charge is 2.24. The van der Waals surface area contributed by atoms with Crippen LogP contribution >= 0.6 is 0 Å². The summed E-state index contributed by atoms with van der Waals surface area (Å²) >= 11 is 0. The Kier molecular flexibility index (Phi) is 4.49. The first kappa shape index (κ1) is 11.4. The van der Waals surface area contributed by atoms with Gasteiger partial charge in [-0.3, -0.25) is 5.10 Å². The third-order valence-corrected chi connectivity index (χ3v) is 1.48. The molecule has 1 aliphatic rings. The van der Waals surface area contributed by atoms with E-state index in [2.05, 4.69) is 21.8 Å². The fraction of sp³-hybridized carbons (Fsp3) is 0.444. The second-order valence-electron chi connectivity index (χ2n) is 2.99. The molecule has 0 spiro atoms. The van der Waals surface area contributed by atoms with Gasteiger partial charge in [0.05, 0.1) is 6.61 Å². The van der Waals surface area contributed by atoms with E-state index in [0.717, 1.165) is 0 Å². The topological polar surface area (TPSA) is 80.4 Å². The molecule has 0 amide bonds. The number of carbonyl (C=O) groups is 1. The summed E-state index contributed by atoms with van der Waals surface area (Å²) in [5.74, 6) is -0.337. The maximum Gasteiger partial charge on any atom is 0.333 e. The molecule has 0 bridgehead atoms. The second kappa shape index (κ2) is 5.92. The van der Waals surface area contributed by atoms with Gasteiger partial charge in [-0.25, -0.2) is 9.78 Å². The van der Waals surface area contributed by atoms with Gasteiger partial charge in [-0.2, -0.15) is 5.10 Å². The molecule has 6 nitrogen and oxygen atoms in total. The van der Waals surface area contributed by atoms with Crippen LogP contribution in [0.4, 0.5) is 0 Å². The summed E-state index contributed by atoms with van der Waals surface area (Å²) in [6.45, 7) is 6.14. The predicted molar refractivity (Wildman–Crippen MR) is 51.9 cm³/mol. The summed E-state index contributed by atoms with van der Waals surface area (Å²) < 4.78 is 9.60. The van der Waals surface area contributed by atoms with Crippen molar-refractivity contribution in [3.63, 3.8) is 0 Å². The number of aromatic nitrogens is 3. The van der Waals surface area contributed by atoms with Crippen molar-refractivity contribution in [3.05, 3.63) is 24.8 Å². The van der Waals surface area contributed by atoms with E-state index in [9.17, 15) is 4.79 Å². The van der Waals surface area contributed by atoms with Crippen LogP contribution in [-0.2, 0) is 14.3 Å². The largest absolute Gasteiger partial charge is 0.459 e. The van der Waals surface area contributed by atoms with Crippen molar-refractivity contribution < 1.29 is 14.3 Å². The Bertz CT molecular complexity index is 289. The minimum absolute atomic E-state index is 0.142. The standard InChI is InChI=1S/C7H10O3.C2H3N3/c1-5(2)7(8)10-4-6-3-9-6;1-3-2-5-4-1/h6H,1,3-4H2,2H3;1-2H,(H,3,4,5). The smallest absolute Gasteiger partial charge is 0.333 e. The van der Waals surface area contributed by atoms with E-state index in [-0.39, 0.29) is 12.1 Å². The van der Waals surface area contributed by atoms with E-state index in [0.29, 0.717) is 18.8 Å². The van der Waals surface area contributed by atoms with Gasteiger partial charge in [0.15, 0.2) is 0 Å². The Morgan fingerprint density at radius 3 is 2.87 bits per heavy atom. The van der Waals surface area contributed by atoms with Crippen molar-refractivity contribution >= 4 is 5.97 Å². The van der Waals surface area contributed by atoms with Crippen LogP contribution in [0.2, 0.25) is 0 Å². The molecular weight excluding hydrogens is 198 g/mol. The van der Waals surface area contributed by atoms with Gasteiger partial charge < -0.3 is 9.47 Å². The Morgan fingerprint density at radius 2 is 2.53 bits per heavy atom. The lowest BCUT2D eigenvalue weighted by Crippen LogP contribution is -2.09. The molecule has 1 aromatic heterocycles. The number of epoxide rings is 1. The number of ether oxygens (including phenoxy) is 2. The number of nitrogens with zero attached hydrogens (tertiary/aromatic N) is 2. The minimum Gasteiger partial charge on any atom is -0.459 e. The van der Waals surface area contributed by atoms with Crippen molar-refractivity contribution in [2.24, 2.45) is 0 Å². The lowest BCUT2D eigenvalue weighted by molar-refractivity contribution is -0.139. The van der Waals surface area contributed by atoms with Crippen LogP contribution in [-0.4, -0.2) is 40.5 Å². The SMILES string of the molecule is C=C(C)C(=O)OCC1CO1.c1nc[nH]n1. The number of hydrogen-bond acceptors (Lipinski definition) is 5. The zero-order valence-corrected chi connectivity index (χ0v) is 8.47. The van der Waals surface area contributed by atoms with E-state index < -0.39 is 0 Å². The van der Waals surface area contributed by atoms with Gasteiger partial charge in [-0.1, -0.05) is 6.58 Å². The van der Waals surface area contributed by atoms with Crippen molar-refractivity contribution in [2.45, 2.75) is 13.0 Å². The summed E-state index contributed by atoms with van der Waals surface area (Å²) in [6, 6.07) is 0. The molecular formula is C9H13N3O3. The third kappa shape index (κ3) is 5.58. The Hall–Kier alpha value is -1.69. The number of esters is 1. The molecule has 6 heteroatoms. The lowest BCUT2D eigenvalue weighted by atomic mass is 10.4. The highest BCUT2D eigenvalue weighted by molar-refractivity contribution is 5.86. The highest BCUT2D eigenvalue weighted by atomic mass is 16.6. The van der Waals surface area contributed by atoms with Gasteiger partial charge in [-0.05, 0) is 6.92 Å². The first-order valence-corrected chi connectivity index (χ1v) is 4.43. The summed E-state index contributed by atoms with van der Waals surface area (Å²) in [4.78, 5) is 14.3. The number of nitrogens with one attached hydrogen (secondary N) is 1. The van der Waals surface area contributed by atoms with Gasteiger partial charge in [0, 0.05) is 5.57 Å². The van der Waals surface area contributed by atoms with Gasteiger partial charge in [0.25, 0.3) is 0 Å². The first-order chi connectivity index (χ1) is 7.20. The minimum atomic E-state index is -0.337. The molecule has 1 fully saturated rings. The maximum absolute atomic E-state index is 10.7. The molecule has 1 atom stereocenters. The maximum atomic E-state index is 10.7. The molecule has 2 rings (SSSR count). The molecule has 1 aromatic rings. The molecule has 1 saturated heterocycles. The van der Waals surface area contributed by atoms with Crippen LogP contribution < -0.4 is 0 Å². The normalized spacial score (nSPS) is 17.3. The van der Waals surface area contributed by atoms with Crippen LogP contribution in [0.3, 0.4) is 0 Å². The molecule has 0 aromatic carbocycles. The number of aromatic amines is 1. The zero-order chi connectivity index (χ0) is 11.1. The van der Waals surface area contributed by atoms with E-state index in [1.54, 1.807) is 6.92 Å². The van der Waals surface area contributed by atoms with Crippen molar-refractivity contribution in [2.75, 3.05) is 13.2 Å². The fourth-order valence-electron chi connectivity index (χ4n) is 0.623. The molecule has 0 saturated carbocycles. The van der Waals surface area contributed by atoms with Crippen LogP contribution in [0.25, 0.3) is 0 Å². The number of H-pyrrole nitrogens is 1. The second-order valence-corrected chi connectivity index (χ2v) is 2.99. The average molecular weight is 211 g/mol. The van der Waals surface area contributed by atoms with Crippen molar-refractivity contribution in [1.29, 1.82) is 0 Å². The summed E-state index contributed by atoms with van der Waals surface area (Å²) in [6.07, 6.45) is 3.10. The molecule has 15 heavy (non-hydrogen) atoms. The van der Waals surface area contributed by atoms with Crippen LogP contribution in [0.5, 0.6) is 0 Å². The van der Waals surface area contributed by atoms with Crippen LogP contribution in [0.15, 0.2) is 24.8 Å². The molecule has 1 unspecified atom stereocenters. The van der Waals surface area contributed by atoms with Gasteiger partial charge in [0.2, 0.25) is 0 Å². The quantitative estimate of drug-likeness (QED) is 0.442. The number of rotatable bonds is 3. The zero-order valence-electron chi connectivity index (χ0n) is 8.47. The Labute approximate surface area is 87.3 Å². The monoisotopic (exact) mass is 211 g/mol.